The molecule has 0 aromatic carbocycles. The van der Waals surface area contributed by atoms with Crippen molar-refractivity contribution < 1.29 is 9.90 Å². The molecule has 4 aliphatic rings. The first-order valence-electron chi connectivity index (χ1n) is 12.8. The molecule has 0 amide bonds. The molecular weight excluding hydrogens is 368 g/mol. The van der Waals surface area contributed by atoms with Crippen LogP contribution in [-0.2, 0) is 4.79 Å². The summed E-state index contributed by atoms with van der Waals surface area (Å²) in [4.78, 5) is 11.3. The van der Waals surface area contributed by atoms with E-state index in [1.54, 1.807) is 5.57 Å². The van der Waals surface area contributed by atoms with Crippen molar-refractivity contribution in [2.75, 3.05) is 0 Å². The van der Waals surface area contributed by atoms with Crippen molar-refractivity contribution in [1.29, 1.82) is 0 Å². The first-order valence-corrected chi connectivity index (χ1v) is 12.8. The van der Waals surface area contributed by atoms with Crippen LogP contribution in [0, 0.1) is 46.3 Å². The largest absolute Gasteiger partial charge is 0.393 e. The number of rotatable bonds is 5. The van der Waals surface area contributed by atoms with Crippen molar-refractivity contribution in [2.24, 2.45) is 46.3 Å². The summed E-state index contributed by atoms with van der Waals surface area (Å²) in [5.41, 5.74) is 3.37. The van der Waals surface area contributed by atoms with Gasteiger partial charge in [-0.15, -0.1) is 0 Å². The van der Waals surface area contributed by atoms with Gasteiger partial charge in [0.15, 0.2) is 0 Å². The molecule has 30 heavy (non-hydrogen) atoms. The van der Waals surface area contributed by atoms with Crippen LogP contribution in [0.4, 0.5) is 0 Å². The molecule has 0 aromatic heterocycles. The number of hydrogen-bond donors (Lipinski definition) is 1. The normalized spacial score (nSPS) is 43.8. The molecule has 0 aromatic rings. The maximum Gasteiger partial charge on any atom is 0.123 e. The minimum Gasteiger partial charge on any atom is -0.393 e. The van der Waals surface area contributed by atoms with Gasteiger partial charge in [-0.3, -0.25) is 0 Å². The Bertz CT molecular complexity index is 729. The highest BCUT2D eigenvalue weighted by molar-refractivity contribution is 5.52. The third kappa shape index (κ3) is 3.57. The van der Waals surface area contributed by atoms with Crippen molar-refractivity contribution in [1.82, 2.24) is 0 Å². The average molecular weight is 413 g/mol. The Labute approximate surface area is 184 Å². The van der Waals surface area contributed by atoms with Crippen LogP contribution >= 0.6 is 0 Å². The van der Waals surface area contributed by atoms with Gasteiger partial charge < -0.3 is 5.11 Å². The molecule has 0 radical (unpaired) electrons. The number of aliphatic hydroxyl groups is 1. The van der Waals surface area contributed by atoms with Gasteiger partial charge in [-0.05, 0) is 111 Å². The first kappa shape index (κ1) is 22.3. The van der Waals surface area contributed by atoms with Crippen molar-refractivity contribution in [3.05, 3.63) is 17.2 Å². The van der Waals surface area contributed by atoms with E-state index in [1.165, 1.54) is 38.5 Å². The van der Waals surface area contributed by atoms with Crippen LogP contribution in [0.2, 0.25) is 0 Å². The van der Waals surface area contributed by atoms with Gasteiger partial charge in [0.25, 0.3) is 0 Å². The summed E-state index contributed by atoms with van der Waals surface area (Å²) in [5, 5.41) is 10.2. The zero-order valence-electron chi connectivity index (χ0n) is 20.0. The molecule has 168 valence electrons. The number of carbonyl (C=O) groups excluding carboxylic acids is 1. The fourth-order valence-electron chi connectivity index (χ4n) is 8.66. The second kappa shape index (κ2) is 8.25. The van der Waals surface area contributed by atoms with Gasteiger partial charge >= 0.3 is 0 Å². The molecule has 3 saturated carbocycles. The van der Waals surface area contributed by atoms with Gasteiger partial charge in [0.2, 0.25) is 0 Å². The van der Waals surface area contributed by atoms with Crippen molar-refractivity contribution in [3.8, 4) is 0 Å². The zero-order valence-corrected chi connectivity index (χ0v) is 20.0. The van der Waals surface area contributed by atoms with E-state index < -0.39 is 0 Å². The van der Waals surface area contributed by atoms with Crippen LogP contribution in [0.25, 0.3) is 0 Å². The molecule has 0 saturated heterocycles. The third-order valence-corrected chi connectivity index (χ3v) is 10.5. The summed E-state index contributed by atoms with van der Waals surface area (Å²) in [5.74, 6) is 6.56. The molecule has 3 fully saturated rings. The molecule has 0 spiro atoms. The summed E-state index contributed by atoms with van der Waals surface area (Å²) in [7, 11) is 0. The fraction of sp³-hybridized carbons (Fsp3) is 0.857. The SMILES string of the molecule is CC(C)C(=C=O)CCC(C)[C@H]1CC[C@H]2[C@@H]3CC=C4C[C@@H](O)CC[C@]4(C)[C@H]3CC[C@]12C. The lowest BCUT2D eigenvalue weighted by atomic mass is 9.47. The molecule has 4 aliphatic carbocycles. The van der Waals surface area contributed by atoms with E-state index in [9.17, 15) is 9.90 Å². The predicted octanol–water partition coefficient (Wildman–Crippen LogP) is 6.76. The standard InChI is InChI=1S/C28H44O2/c1-18(2)20(17-29)7-6-19(3)24-10-11-25-23-9-8-21-16-22(30)12-14-27(21,4)26(23)13-15-28(24,25)5/h8,18-19,22-26,30H,6-7,9-16H2,1-5H3/t19?,22-,23-,24+,25-,26-,27-,28+/m0/s1. The molecule has 0 bridgehead atoms. The van der Waals surface area contributed by atoms with Gasteiger partial charge in [0.05, 0.1) is 6.10 Å². The maximum absolute atomic E-state index is 11.3. The summed E-state index contributed by atoms with van der Waals surface area (Å²) >= 11 is 0. The topological polar surface area (TPSA) is 37.3 Å². The van der Waals surface area contributed by atoms with Crippen LogP contribution in [-0.4, -0.2) is 17.2 Å². The molecule has 1 unspecified atom stereocenters. The number of aliphatic hydroxyl groups excluding tert-OH is 1. The van der Waals surface area contributed by atoms with E-state index in [0.29, 0.717) is 22.7 Å². The monoisotopic (exact) mass is 412 g/mol. The van der Waals surface area contributed by atoms with E-state index in [-0.39, 0.29) is 6.10 Å². The van der Waals surface area contributed by atoms with Crippen molar-refractivity contribution in [3.63, 3.8) is 0 Å². The Morgan fingerprint density at radius 3 is 2.60 bits per heavy atom. The van der Waals surface area contributed by atoms with Crippen LogP contribution in [0.3, 0.4) is 0 Å². The summed E-state index contributed by atoms with van der Waals surface area (Å²) < 4.78 is 0. The Hall–Kier alpha value is -0.850. The summed E-state index contributed by atoms with van der Waals surface area (Å²) in [6.07, 6.45) is 14.4. The quantitative estimate of drug-likeness (QED) is 0.400. The minimum absolute atomic E-state index is 0.109. The summed E-state index contributed by atoms with van der Waals surface area (Å²) in [6.45, 7) is 11.8. The molecule has 2 nitrogen and oxygen atoms in total. The lowest BCUT2D eigenvalue weighted by molar-refractivity contribution is -0.0571. The molecule has 0 aliphatic heterocycles. The number of hydrogen-bond acceptors (Lipinski definition) is 2. The molecule has 1 N–H and O–H groups in total. The highest BCUT2D eigenvalue weighted by atomic mass is 16.3. The van der Waals surface area contributed by atoms with E-state index in [1.807, 2.05) is 0 Å². The highest BCUT2D eigenvalue weighted by Crippen LogP contribution is 2.67. The van der Waals surface area contributed by atoms with Crippen LogP contribution in [0.5, 0.6) is 0 Å². The van der Waals surface area contributed by atoms with E-state index >= 15 is 0 Å². The molecule has 2 heteroatoms. The maximum atomic E-state index is 11.3. The predicted molar refractivity (Wildman–Crippen MR) is 124 cm³/mol. The van der Waals surface area contributed by atoms with E-state index in [4.69, 9.17) is 0 Å². The van der Waals surface area contributed by atoms with Crippen molar-refractivity contribution >= 4 is 5.94 Å². The highest BCUT2D eigenvalue weighted by Gasteiger charge is 2.59. The van der Waals surface area contributed by atoms with E-state index in [2.05, 4.69) is 46.6 Å². The number of allylic oxidation sites excluding steroid dienone is 2. The fourth-order valence-corrected chi connectivity index (χ4v) is 8.66. The lowest BCUT2D eigenvalue weighted by Crippen LogP contribution is -2.50. The Kier molecular flexibility index (Phi) is 6.15. The Morgan fingerprint density at radius 2 is 1.90 bits per heavy atom. The first-order chi connectivity index (χ1) is 14.2. The zero-order chi connectivity index (χ0) is 21.7. The van der Waals surface area contributed by atoms with Gasteiger partial charge in [-0.2, -0.15) is 0 Å². The minimum atomic E-state index is -0.109. The molecule has 4 rings (SSSR count). The Balaban J connectivity index is 1.49. The van der Waals surface area contributed by atoms with Gasteiger partial charge in [0, 0.05) is 5.57 Å². The lowest BCUT2D eigenvalue weighted by Gasteiger charge is -2.58. The molecule has 0 heterocycles. The van der Waals surface area contributed by atoms with Crippen LogP contribution in [0.15, 0.2) is 17.2 Å². The van der Waals surface area contributed by atoms with Crippen LogP contribution < -0.4 is 0 Å². The Morgan fingerprint density at radius 1 is 1.13 bits per heavy atom. The van der Waals surface area contributed by atoms with E-state index in [0.717, 1.165) is 54.9 Å². The number of fused-ring (bicyclic) bond motifs is 5. The van der Waals surface area contributed by atoms with Crippen LogP contribution in [0.1, 0.15) is 98.8 Å². The van der Waals surface area contributed by atoms with Gasteiger partial charge in [-0.25, -0.2) is 4.79 Å². The van der Waals surface area contributed by atoms with Gasteiger partial charge in [0.1, 0.15) is 5.94 Å². The summed E-state index contributed by atoms with van der Waals surface area (Å²) in [6, 6.07) is 0. The third-order valence-electron chi connectivity index (χ3n) is 10.5. The average Bonchev–Trinajstić information content (AvgIpc) is 3.06. The van der Waals surface area contributed by atoms with Gasteiger partial charge in [-0.1, -0.05) is 46.3 Å². The smallest absolute Gasteiger partial charge is 0.123 e. The molecular formula is C28H44O2. The second-order valence-corrected chi connectivity index (χ2v) is 12.2. The molecule has 8 atom stereocenters. The van der Waals surface area contributed by atoms with Crippen molar-refractivity contribution in [2.45, 2.75) is 105 Å². The second-order valence-electron chi connectivity index (χ2n) is 12.2.